The first-order valence-corrected chi connectivity index (χ1v) is 8.79. The van der Waals surface area contributed by atoms with E-state index in [4.69, 9.17) is 9.72 Å². The molecule has 25 heavy (non-hydrogen) atoms. The van der Waals surface area contributed by atoms with Gasteiger partial charge in [0.15, 0.2) is 5.82 Å². The number of hydrogen-bond acceptors (Lipinski definition) is 6. The van der Waals surface area contributed by atoms with Crippen LogP contribution in [0.25, 0.3) is 5.52 Å². The van der Waals surface area contributed by atoms with Crippen LogP contribution in [-0.4, -0.2) is 42.5 Å². The van der Waals surface area contributed by atoms with Crippen molar-refractivity contribution in [2.24, 2.45) is 7.05 Å². The molecule has 0 spiro atoms. The zero-order valence-electron chi connectivity index (χ0n) is 14.5. The quantitative estimate of drug-likeness (QED) is 0.706. The van der Waals surface area contributed by atoms with Gasteiger partial charge < -0.3 is 9.64 Å². The van der Waals surface area contributed by atoms with Crippen LogP contribution in [0.2, 0.25) is 0 Å². The number of hydrogen-bond donors (Lipinski definition) is 0. The van der Waals surface area contributed by atoms with Gasteiger partial charge in [-0.2, -0.15) is 10.2 Å². The van der Waals surface area contributed by atoms with Crippen molar-refractivity contribution in [1.29, 1.82) is 0 Å². The summed E-state index contributed by atoms with van der Waals surface area (Å²) in [7, 11) is 2.00. The topological polar surface area (TPSA) is 73.4 Å². The van der Waals surface area contributed by atoms with E-state index < -0.39 is 0 Å². The first kappa shape index (κ1) is 14.8. The van der Waals surface area contributed by atoms with Gasteiger partial charge in [-0.25, -0.2) is 14.5 Å². The summed E-state index contributed by atoms with van der Waals surface area (Å²) in [4.78, 5) is 11.7. The van der Waals surface area contributed by atoms with Crippen molar-refractivity contribution in [3.05, 3.63) is 35.3 Å². The van der Waals surface area contributed by atoms with Crippen LogP contribution in [0.1, 0.15) is 41.7 Å². The molecule has 0 saturated carbocycles. The van der Waals surface area contributed by atoms with Crippen LogP contribution in [0.15, 0.2) is 12.5 Å². The number of nitrogens with zero attached hydrogens (tertiary/aromatic N) is 7. The van der Waals surface area contributed by atoms with Gasteiger partial charge in [0, 0.05) is 20.2 Å². The molecule has 2 aliphatic rings. The summed E-state index contributed by atoms with van der Waals surface area (Å²) < 4.78 is 9.76. The zero-order valence-corrected chi connectivity index (χ0v) is 14.5. The molecule has 130 valence electrons. The average molecular weight is 339 g/mol. The Bertz CT molecular complexity index is 938. The van der Waals surface area contributed by atoms with E-state index in [0.717, 1.165) is 61.8 Å². The summed E-state index contributed by atoms with van der Waals surface area (Å²) in [6, 6.07) is 0. The standard InChI is InChI=1S/C17H21N7O/c1-11-21-15(14-4-3-7-25-14)16-17(18-10-20-24(11)16)23-6-5-12-8-19-22(2)13(12)9-23/h8,10,14H,3-7,9H2,1-2H3/t14-/m1/s1. The molecule has 0 aliphatic carbocycles. The van der Waals surface area contributed by atoms with Gasteiger partial charge in [-0.3, -0.25) is 4.68 Å². The largest absolute Gasteiger partial charge is 0.372 e. The molecule has 0 radical (unpaired) electrons. The van der Waals surface area contributed by atoms with Gasteiger partial charge in [-0.05, 0) is 31.7 Å². The summed E-state index contributed by atoms with van der Waals surface area (Å²) in [5.41, 5.74) is 4.53. The Morgan fingerprint density at radius 2 is 2.20 bits per heavy atom. The zero-order chi connectivity index (χ0) is 17.0. The minimum absolute atomic E-state index is 0.0468. The fourth-order valence-electron chi connectivity index (χ4n) is 3.96. The molecule has 2 aliphatic heterocycles. The van der Waals surface area contributed by atoms with Gasteiger partial charge in [-0.1, -0.05) is 0 Å². The van der Waals surface area contributed by atoms with E-state index >= 15 is 0 Å². The lowest BCUT2D eigenvalue weighted by molar-refractivity contribution is 0.110. The molecule has 3 aromatic rings. The highest BCUT2D eigenvalue weighted by Gasteiger charge is 2.29. The predicted molar refractivity (Wildman–Crippen MR) is 91.4 cm³/mol. The van der Waals surface area contributed by atoms with Crippen LogP contribution in [0.5, 0.6) is 0 Å². The van der Waals surface area contributed by atoms with Crippen molar-refractivity contribution in [1.82, 2.24) is 29.4 Å². The van der Waals surface area contributed by atoms with Crippen molar-refractivity contribution in [3.63, 3.8) is 0 Å². The van der Waals surface area contributed by atoms with E-state index in [1.807, 2.05) is 29.4 Å². The number of anilines is 1. The Kier molecular flexibility index (Phi) is 3.27. The summed E-state index contributed by atoms with van der Waals surface area (Å²) in [6.45, 7) is 4.50. The maximum absolute atomic E-state index is 5.90. The molecule has 8 heteroatoms. The van der Waals surface area contributed by atoms with Gasteiger partial charge in [0.05, 0.1) is 18.4 Å². The maximum atomic E-state index is 5.90. The van der Waals surface area contributed by atoms with E-state index in [0.29, 0.717) is 0 Å². The number of imidazole rings is 1. The monoisotopic (exact) mass is 339 g/mol. The van der Waals surface area contributed by atoms with Crippen LogP contribution in [-0.2, 0) is 24.8 Å². The molecular weight excluding hydrogens is 318 g/mol. The lowest BCUT2D eigenvalue weighted by atomic mass is 10.1. The molecule has 1 fully saturated rings. The fraction of sp³-hybridized carbons (Fsp3) is 0.529. The predicted octanol–water partition coefficient (Wildman–Crippen LogP) is 1.58. The van der Waals surface area contributed by atoms with E-state index in [9.17, 15) is 0 Å². The Morgan fingerprint density at radius 1 is 1.28 bits per heavy atom. The third-order valence-electron chi connectivity index (χ3n) is 5.28. The average Bonchev–Trinajstić information content (AvgIpc) is 3.35. The maximum Gasteiger partial charge on any atom is 0.158 e. The summed E-state index contributed by atoms with van der Waals surface area (Å²) in [5.74, 6) is 1.82. The smallest absolute Gasteiger partial charge is 0.158 e. The van der Waals surface area contributed by atoms with Crippen molar-refractivity contribution >= 4 is 11.3 Å². The van der Waals surface area contributed by atoms with Gasteiger partial charge in [-0.15, -0.1) is 0 Å². The number of ether oxygens (including phenoxy) is 1. The van der Waals surface area contributed by atoms with Gasteiger partial charge in [0.1, 0.15) is 29.5 Å². The summed E-state index contributed by atoms with van der Waals surface area (Å²) in [5, 5.41) is 8.82. The third-order valence-corrected chi connectivity index (χ3v) is 5.28. The van der Waals surface area contributed by atoms with E-state index in [1.54, 1.807) is 6.33 Å². The van der Waals surface area contributed by atoms with E-state index in [-0.39, 0.29) is 6.10 Å². The minimum Gasteiger partial charge on any atom is -0.372 e. The fourth-order valence-corrected chi connectivity index (χ4v) is 3.96. The Labute approximate surface area is 145 Å². The lowest BCUT2D eigenvalue weighted by Gasteiger charge is -2.28. The Morgan fingerprint density at radius 3 is 3.04 bits per heavy atom. The van der Waals surface area contributed by atoms with Crippen molar-refractivity contribution in [2.75, 3.05) is 18.1 Å². The second kappa shape index (κ2) is 5.52. The Hall–Kier alpha value is -2.48. The van der Waals surface area contributed by atoms with Crippen LogP contribution in [0.3, 0.4) is 0 Å². The normalized spacial score (nSPS) is 20.4. The molecular formula is C17H21N7O. The molecule has 3 aromatic heterocycles. The highest BCUT2D eigenvalue weighted by molar-refractivity contribution is 5.72. The van der Waals surface area contributed by atoms with E-state index in [1.165, 1.54) is 11.3 Å². The van der Waals surface area contributed by atoms with Gasteiger partial charge >= 0.3 is 0 Å². The molecule has 0 bridgehead atoms. The summed E-state index contributed by atoms with van der Waals surface area (Å²) in [6.07, 6.45) is 6.70. The molecule has 1 atom stereocenters. The second-order valence-electron chi connectivity index (χ2n) is 6.80. The van der Waals surface area contributed by atoms with Crippen LogP contribution in [0.4, 0.5) is 5.82 Å². The molecule has 1 saturated heterocycles. The number of fused-ring (bicyclic) bond motifs is 2. The number of aromatic nitrogens is 6. The molecule has 0 amide bonds. The van der Waals surface area contributed by atoms with Crippen LogP contribution < -0.4 is 4.90 Å². The van der Waals surface area contributed by atoms with Gasteiger partial charge in [0.25, 0.3) is 0 Å². The number of rotatable bonds is 2. The van der Waals surface area contributed by atoms with E-state index in [2.05, 4.69) is 20.1 Å². The SMILES string of the molecule is Cc1nc([C@H]2CCCO2)c2c(N3CCc4cnn(C)c4C3)ncnn12. The highest BCUT2D eigenvalue weighted by atomic mass is 16.5. The molecule has 0 N–H and O–H groups in total. The van der Waals surface area contributed by atoms with Crippen molar-refractivity contribution in [3.8, 4) is 0 Å². The minimum atomic E-state index is 0.0468. The van der Waals surface area contributed by atoms with Gasteiger partial charge in [0.2, 0.25) is 0 Å². The third kappa shape index (κ3) is 2.24. The molecule has 0 aromatic carbocycles. The Balaban J connectivity index is 1.63. The van der Waals surface area contributed by atoms with Crippen molar-refractivity contribution in [2.45, 2.75) is 38.8 Å². The lowest BCUT2D eigenvalue weighted by Crippen LogP contribution is -2.32. The number of aryl methyl sites for hydroxylation is 2. The molecule has 8 nitrogen and oxygen atoms in total. The first-order valence-electron chi connectivity index (χ1n) is 8.79. The molecule has 5 heterocycles. The molecule has 0 unspecified atom stereocenters. The molecule has 5 rings (SSSR count). The van der Waals surface area contributed by atoms with Crippen LogP contribution >= 0.6 is 0 Å². The highest BCUT2D eigenvalue weighted by Crippen LogP contribution is 2.35. The summed E-state index contributed by atoms with van der Waals surface area (Å²) >= 11 is 0. The van der Waals surface area contributed by atoms with Crippen LogP contribution in [0, 0.1) is 6.92 Å². The second-order valence-corrected chi connectivity index (χ2v) is 6.80. The first-order chi connectivity index (χ1) is 12.2. The van der Waals surface area contributed by atoms with Crippen molar-refractivity contribution < 1.29 is 4.74 Å².